The molecule has 1 aliphatic rings. The molecule has 0 amide bonds. The van der Waals surface area contributed by atoms with Crippen LogP contribution in [0.3, 0.4) is 0 Å². The smallest absolute Gasteiger partial charge is 0.191 e. The van der Waals surface area contributed by atoms with E-state index >= 15 is 0 Å². The highest BCUT2D eigenvalue weighted by Gasteiger charge is 2.24. The Labute approximate surface area is 176 Å². The first-order valence-electron chi connectivity index (χ1n) is 10.5. The van der Waals surface area contributed by atoms with Gasteiger partial charge >= 0.3 is 0 Å². The van der Waals surface area contributed by atoms with Crippen LogP contribution in [0.1, 0.15) is 25.5 Å². The summed E-state index contributed by atoms with van der Waals surface area (Å²) >= 11 is 0. The van der Waals surface area contributed by atoms with Crippen molar-refractivity contribution in [2.75, 3.05) is 67.6 Å². The Morgan fingerprint density at radius 3 is 2.48 bits per heavy atom. The monoisotopic (exact) mass is 405 g/mol. The molecule has 29 heavy (non-hydrogen) atoms. The minimum Gasteiger partial charge on any atom is -0.497 e. The Morgan fingerprint density at radius 1 is 1.21 bits per heavy atom. The highest BCUT2D eigenvalue weighted by molar-refractivity contribution is 5.79. The maximum atomic E-state index is 5.51. The third-order valence-corrected chi connectivity index (χ3v) is 5.55. The van der Waals surface area contributed by atoms with Crippen molar-refractivity contribution in [2.45, 2.75) is 25.9 Å². The van der Waals surface area contributed by atoms with E-state index in [0.29, 0.717) is 12.0 Å². The second-order valence-electron chi connectivity index (χ2n) is 8.05. The number of morpholine rings is 1. The fourth-order valence-electron chi connectivity index (χ4n) is 3.76. The van der Waals surface area contributed by atoms with Gasteiger partial charge in [0.05, 0.1) is 26.4 Å². The molecule has 7 heteroatoms. The van der Waals surface area contributed by atoms with Gasteiger partial charge in [-0.2, -0.15) is 0 Å². The van der Waals surface area contributed by atoms with Crippen LogP contribution in [-0.4, -0.2) is 89.4 Å². The van der Waals surface area contributed by atoms with Crippen LogP contribution in [0.25, 0.3) is 0 Å². The Balaban J connectivity index is 1.95. The van der Waals surface area contributed by atoms with Crippen molar-refractivity contribution >= 4 is 5.96 Å². The zero-order valence-corrected chi connectivity index (χ0v) is 18.9. The van der Waals surface area contributed by atoms with Crippen LogP contribution in [0.5, 0.6) is 5.75 Å². The largest absolute Gasteiger partial charge is 0.497 e. The lowest BCUT2D eigenvalue weighted by Crippen LogP contribution is -2.53. The van der Waals surface area contributed by atoms with E-state index < -0.39 is 0 Å². The van der Waals surface area contributed by atoms with Crippen molar-refractivity contribution in [1.29, 1.82) is 0 Å². The van der Waals surface area contributed by atoms with Crippen LogP contribution in [0.4, 0.5) is 0 Å². The van der Waals surface area contributed by atoms with Gasteiger partial charge < -0.3 is 25.0 Å². The van der Waals surface area contributed by atoms with Crippen LogP contribution >= 0.6 is 0 Å². The summed E-state index contributed by atoms with van der Waals surface area (Å²) in [4.78, 5) is 9.16. The predicted octanol–water partition coefficient (Wildman–Crippen LogP) is 1.82. The van der Waals surface area contributed by atoms with Gasteiger partial charge in [-0.25, -0.2) is 0 Å². The van der Waals surface area contributed by atoms with Gasteiger partial charge in [0.25, 0.3) is 0 Å². The molecule has 0 saturated carbocycles. The summed E-state index contributed by atoms with van der Waals surface area (Å²) in [6, 6.07) is 8.91. The molecule has 0 aromatic heterocycles. The molecule has 1 aliphatic heterocycles. The molecule has 0 spiro atoms. The minimum atomic E-state index is 0.212. The molecule has 1 saturated heterocycles. The van der Waals surface area contributed by atoms with Gasteiger partial charge in [0.1, 0.15) is 5.75 Å². The summed E-state index contributed by atoms with van der Waals surface area (Å²) in [6.45, 7) is 9.81. The van der Waals surface area contributed by atoms with Gasteiger partial charge in [0, 0.05) is 39.3 Å². The number of nitrogens with one attached hydrogen (secondary N) is 2. The lowest BCUT2D eigenvalue weighted by Gasteiger charge is -2.37. The molecule has 0 aliphatic carbocycles. The zero-order valence-electron chi connectivity index (χ0n) is 18.9. The quantitative estimate of drug-likeness (QED) is 0.483. The Bertz CT molecular complexity index is 629. The number of ether oxygens (including phenoxy) is 2. The van der Waals surface area contributed by atoms with Gasteiger partial charge in [-0.1, -0.05) is 26.0 Å². The van der Waals surface area contributed by atoms with E-state index in [0.717, 1.165) is 51.1 Å². The third-order valence-electron chi connectivity index (χ3n) is 5.55. The number of nitrogens with zero attached hydrogens (tertiary/aromatic N) is 3. The zero-order chi connectivity index (χ0) is 21.2. The van der Waals surface area contributed by atoms with Crippen molar-refractivity contribution in [3.63, 3.8) is 0 Å². The molecule has 164 valence electrons. The van der Waals surface area contributed by atoms with E-state index in [4.69, 9.17) is 9.47 Å². The number of likely N-dealkylation sites (N-methyl/N-ethyl adjacent to an activating group) is 1. The van der Waals surface area contributed by atoms with Crippen LogP contribution in [-0.2, 0) is 4.74 Å². The fraction of sp³-hybridized carbons (Fsp3) is 0.682. The summed E-state index contributed by atoms with van der Waals surface area (Å²) in [5.74, 6) is 2.27. The standard InChI is InChI=1S/C22H39N5O2/c1-17(2)20(27-10-12-29-13-11-27)15-24-22(23-3)25-16-21(26(4)5)18-8-7-9-19(14-18)28-6/h7-9,14,17,20-21H,10-13,15-16H2,1-6H3,(H2,23,24,25). The summed E-state index contributed by atoms with van der Waals surface area (Å²) in [7, 11) is 7.71. The van der Waals surface area contributed by atoms with E-state index in [-0.39, 0.29) is 6.04 Å². The molecule has 1 fully saturated rings. The number of rotatable bonds is 9. The van der Waals surface area contributed by atoms with Crippen LogP contribution in [0.2, 0.25) is 0 Å². The van der Waals surface area contributed by atoms with Gasteiger partial charge in [0.2, 0.25) is 0 Å². The van der Waals surface area contributed by atoms with Crippen molar-refractivity contribution in [1.82, 2.24) is 20.4 Å². The molecule has 2 atom stereocenters. The van der Waals surface area contributed by atoms with E-state index in [2.05, 4.69) is 65.5 Å². The Hall–Kier alpha value is -1.83. The van der Waals surface area contributed by atoms with E-state index in [1.807, 2.05) is 19.2 Å². The molecule has 1 heterocycles. The first kappa shape index (κ1) is 23.4. The topological polar surface area (TPSA) is 61.4 Å². The average molecular weight is 406 g/mol. The first-order chi connectivity index (χ1) is 14.0. The van der Waals surface area contributed by atoms with Crippen molar-refractivity contribution in [2.24, 2.45) is 10.9 Å². The molecule has 2 unspecified atom stereocenters. The normalized spacial score (nSPS) is 18.0. The Kier molecular flexibility index (Phi) is 9.70. The molecule has 2 N–H and O–H groups in total. The summed E-state index contributed by atoms with van der Waals surface area (Å²) in [6.07, 6.45) is 0. The van der Waals surface area contributed by atoms with E-state index in [1.54, 1.807) is 7.11 Å². The van der Waals surface area contributed by atoms with Gasteiger partial charge in [-0.15, -0.1) is 0 Å². The second kappa shape index (κ2) is 12.0. The highest BCUT2D eigenvalue weighted by Crippen LogP contribution is 2.22. The maximum Gasteiger partial charge on any atom is 0.191 e. The molecular formula is C22H39N5O2. The predicted molar refractivity (Wildman–Crippen MR) is 120 cm³/mol. The van der Waals surface area contributed by atoms with Gasteiger partial charge in [-0.3, -0.25) is 9.89 Å². The Morgan fingerprint density at radius 2 is 1.90 bits per heavy atom. The summed E-state index contributed by atoms with van der Waals surface area (Å²) in [5, 5.41) is 7.03. The average Bonchev–Trinajstić information content (AvgIpc) is 2.73. The number of hydrogen-bond acceptors (Lipinski definition) is 5. The number of methoxy groups -OCH3 is 1. The number of aliphatic imine (C=N–C) groups is 1. The molecule has 2 rings (SSSR count). The number of hydrogen-bond donors (Lipinski definition) is 2. The molecule has 1 aromatic rings. The number of benzene rings is 1. The lowest BCUT2D eigenvalue weighted by molar-refractivity contribution is 0.00752. The maximum absolute atomic E-state index is 5.51. The molecule has 7 nitrogen and oxygen atoms in total. The summed E-state index contributed by atoms with van der Waals surface area (Å²) < 4.78 is 10.9. The third kappa shape index (κ3) is 7.17. The molecule has 0 bridgehead atoms. The van der Waals surface area contributed by atoms with Crippen LogP contribution in [0.15, 0.2) is 29.3 Å². The minimum absolute atomic E-state index is 0.212. The highest BCUT2D eigenvalue weighted by atomic mass is 16.5. The lowest BCUT2D eigenvalue weighted by atomic mass is 10.0. The number of guanidine groups is 1. The van der Waals surface area contributed by atoms with Crippen molar-refractivity contribution in [3.05, 3.63) is 29.8 Å². The van der Waals surface area contributed by atoms with Gasteiger partial charge in [-0.05, 0) is 37.7 Å². The molecular weight excluding hydrogens is 366 g/mol. The SMILES string of the molecule is CN=C(NCC(c1cccc(OC)c1)N(C)C)NCC(C(C)C)N1CCOCC1. The van der Waals surface area contributed by atoms with Crippen molar-refractivity contribution < 1.29 is 9.47 Å². The van der Waals surface area contributed by atoms with E-state index in [1.165, 1.54) is 5.56 Å². The van der Waals surface area contributed by atoms with Gasteiger partial charge in [0.15, 0.2) is 5.96 Å². The molecule has 1 aromatic carbocycles. The van der Waals surface area contributed by atoms with Crippen LogP contribution in [0, 0.1) is 5.92 Å². The van der Waals surface area contributed by atoms with Crippen molar-refractivity contribution in [3.8, 4) is 5.75 Å². The molecule has 0 radical (unpaired) electrons. The first-order valence-corrected chi connectivity index (χ1v) is 10.5. The summed E-state index contributed by atoms with van der Waals surface area (Å²) in [5.41, 5.74) is 1.21. The van der Waals surface area contributed by atoms with E-state index in [9.17, 15) is 0 Å². The van der Waals surface area contributed by atoms with Crippen LogP contribution < -0.4 is 15.4 Å². The second-order valence-corrected chi connectivity index (χ2v) is 8.05. The fourth-order valence-corrected chi connectivity index (χ4v) is 3.76.